The predicted octanol–water partition coefficient (Wildman–Crippen LogP) is 9.95. The Morgan fingerprint density at radius 1 is 0.525 bits per heavy atom. The number of pyridine rings is 1. The predicted molar refractivity (Wildman–Crippen MR) is 171 cm³/mol. The maximum Gasteiger partial charge on any atom is 0.155 e. The second-order valence-corrected chi connectivity index (χ2v) is 11.6. The average Bonchev–Trinajstić information content (AvgIpc) is 3.64. The van der Waals surface area contributed by atoms with Gasteiger partial charge in [0, 0.05) is 48.9 Å². The van der Waals surface area contributed by atoms with Crippen LogP contribution in [0, 0.1) is 6.92 Å². The maximum atomic E-state index is 4.99. The van der Waals surface area contributed by atoms with Crippen LogP contribution in [0.1, 0.15) is 5.56 Å². The van der Waals surface area contributed by atoms with Crippen LogP contribution in [0.4, 0.5) is 0 Å². The second-order valence-electron chi connectivity index (χ2n) is 10.5. The van der Waals surface area contributed by atoms with Gasteiger partial charge >= 0.3 is 0 Å². The first kappa shape index (κ1) is 21.9. The lowest BCUT2D eigenvalue weighted by molar-refractivity contribution is 1.10. The van der Waals surface area contributed by atoms with Gasteiger partial charge in [-0.15, -0.1) is 11.3 Å². The first-order chi connectivity index (χ1) is 19.8. The van der Waals surface area contributed by atoms with Crippen molar-refractivity contribution in [3.63, 3.8) is 0 Å². The molecule has 3 nitrogen and oxygen atoms in total. The van der Waals surface area contributed by atoms with Gasteiger partial charge in [0.05, 0.1) is 26.8 Å². The van der Waals surface area contributed by atoms with Crippen molar-refractivity contribution >= 4 is 75.1 Å². The summed E-state index contributed by atoms with van der Waals surface area (Å²) in [7, 11) is 0. The van der Waals surface area contributed by atoms with Gasteiger partial charge in [0.15, 0.2) is 5.82 Å². The third kappa shape index (κ3) is 2.91. The summed E-state index contributed by atoms with van der Waals surface area (Å²) in [4.78, 5) is 4.99. The minimum absolute atomic E-state index is 0.993. The minimum atomic E-state index is 0.993. The van der Waals surface area contributed by atoms with Crippen LogP contribution in [-0.4, -0.2) is 14.1 Å². The van der Waals surface area contributed by atoms with E-state index < -0.39 is 0 Å². The number of fused-ring (bicyclic) bond motifs is 9. The van der Waals surface area contributed by atoms with E-state index in [0.29, 0.717) is 0 Å². The van der Waals surface area contributed by atoms with Crippen molar-refractivity contribution < 1.29 is 0 Å². The number of hydrogen-bond donors (Lipinski definition) is 0. The van der Waals surface area contributed by atoms with Crippen LogP contribution in [0.15, 0.2) is 121 Å². The first-order valence-electron chi connectivity index (χ1n) is 13.6. The summed E-state index contributed by atoms with van der Waals surface area (Å²) in [6.45, 7) is 2.16. The molecule has 0 N–H and O–H groups in total. The molecule has 4 heterocycles. The van der Waals surface area contributed by atoms with Crippen LogP contribution in [0.5, 0.6) is 0 Å². The highest BCUT2D eigenvalue weighted by atomic mass is 32.1. The van der Waals surface area contributed by atoms with Gasteiger partial charge in [-0.3, -0.25) is 4.57 Å². The zero-order chi connectivity index (χ0) is 26.4. The van der Waals surface area contributed by atoms with Crippen molar-refractivity contribution in [3.05, 3.63) is 127 Å². The normalized spacial score (nSPS) is 12.1. The maximum absolute atomic E-state index is 4.99. The van der Waals surface area contributed by atoms with E-state index in [1.54, 1.807) is 0 Å². The number of para-hydroxylation sites is 3. The highest BCUT2D eigenvalue weighted by molar-refractivity contribution is 7.26. The molecule has 0 spiro atoms. The summed E-state index contributed by atoms with van der Waals surface area (Å²) in [5.41, 5.74) is 7.27. The lowest BCUT2D eigenvalue weighted by Crippen LogP contribution is -1.97. The Morgan fingerprint density at radius 3 is 1.88 bits per heavy atom. The SMILES string of the molecule is Cc1ccc2c(c1)c1ccccc1n2-c1nccc2c1sc1ccc(-n3c4ccccc4c4ccccc43)cc12. The molecule has 0 radical (unpaired) electrons. The second kappa shape index (κ2) is 8.04. The minimum Gasteiger partial charge on any atom is -0.309 e. The smallest absolute Gasteiger partial charge is 0.155 e. The molecule has 0 saturated carbocycles. The molecular weight excluding hydrogens is 506 g/mol. The van der Waals surface area contributed by atoms with Crippen LogP contribution in [0.3, 0.4) is 0 Å². The number of hydrogen-bond acceptors (Lipinski definition) is 2. The molecule has 5 aromatic carbocycles. The van der Waals surface area contributed by atoms with Gasteiger partial charge in [0.2, 0.25) is 0 Å². The zero-order valence-electron chi connectivity index (χ0n) is 21.8. The Balaban J connectivity index is 1.34. The molecule has 0 unspecified atom stereocenters. The van der Waals surface area contributed by atoms with Crippen LogP contribution >= 0.6 is 11.3 Å². The van der Waals surface area contributed by atoms with E-state index in [0.717, 1.165) is 5.82 Å². The van der Waals surface area contributed by atoms with E-state index in [1.165, 1.54) is 75.0 Å². The van der Waals surface area contributed by atoms with Crippen molar-refractivity contribution in [2.24, 2.45) is 0 Å². The van der Waals surface area contributed by atoms with Gasteiger partial charge in [-0.25, -0.2) is 4.98 Å². The standard InChI is InChI=1S/C36H23N3S/c1-22-14-16-33-28(20-22)26-10-4-7-13-32(26)39(33)36-35-27(18-19-37-36)29-21-23(15-17-34(29)40-35)38-30-11-5-2-8-24(30)25-9-3-6-12-31(25)38/h2-21H,1H3. The quantitative estimate of drug-likeness (QED) is 0.218. The highest BCUT2D eigenvalue weighted by Crippen LogP contribution is 2.41. The Bertz CT molecular complexity index is 2400. The van der Waals surface area contributed by atoms with Gasteiger partial charge < -0.3 is 4.57 Å². The van der Waals surface area contributed by atoms with Gasteiger partial charge in [0.25, 0.3) is 0 Å². The largest absolute Gasteiger partial charge is 0.309 e. The lowest BCUT2D eigenvalue weighted by Gasteiger charge is -2.09. The van der Waals surface area contributed by atoms with Crippen LogP contribution in [0.2, 0.25) is 0 Å². The number of aromatic nitrogens is 3. The lowest BCUT2D eigenvalue weighted by atomic mass is 10.1. The summed E-state index contributed by atoms with van der Waals surface area (Å²) in [5, 5.41) is 7.59. The molecule has 0 aliphatic heterocycles. The number of nitrogens with zero attached hydrogens (tertiary/aromatic N) is 3. The Labute approximate surface area is 234 Å². The van der Waals surface area contributed by atoms with Gasteiger partial charge in [-0.1, -0.05) is 66.2 Å². The molecule has 0 aliphatic rings. The molecule has 0 amide bonds. The monoisotopic (exact) mass is 529 g/mol. The summed E-state index contributed by atoms with van der Waals surface area (Å²) < 4.78 is 7.21. The van der Waals surface area contributed by atoms with E-state index >= 15 is 0 Å². The van der Waals surface area contributed by atoms with E-state index in [-0.39, 0.29) is 0 Å². The topological polar surface area (TPSA) is 22.8 Å². The zero-order valence-corrected chi connectivity index (χ0v) is 22.6. The molecular formula is C36H23N3S. The molecule has 4 heteroatoms. The van der Waals surface area contributed by atoms with Crippen molar-refractivity contribution in [2.45, 2.75) is 6.92 Å². The molecule has 0 aliphatic carbocycles. The van der Waals surface area contributed by atoms with Crippen LogP contribution in [-0.2, 0) is 0 Å². The van der Waals surface area contributed by atoms with E-state index in [4.69, 9.17) is 4.98 Å². The fourth-order valence-corrected chi connectivity index (χ4v) is 7.65. The third-order valence-corrected chi connectivity index (χ3v) is 9.41. The van der Waals surface area contributed by atoms with Crippen molar-refractivity contribution in [2.75, 3.05) is 0 Å². The average molecular weight is 530 g/mol. The Hall–Kier alpha value is -4.93. The van der Waals surface area contributed by atoms with Crippen molar-refractivity contribution in [3.8, 4) is 11.5 Å². The summed E-state index contributed by atoms with van der Waals surface area (Å²) in [6, 6.07) is 41.8. The van der Waals surface area contributed by atoms with Gasteiger partial charge in [-0.2, -0.15) is 0 Å². The van der Waals surface area contributed by atoms with E-state index in [2.05, 4.69) is 131 Å². The molecule has 9 aromatic rings. The van der Waals surface area contributed by atoms with Crippen LogP contribution < -0.4 is 0 Å². The summed E-state index contributed by atoms with van der Waals surface area (Å²) in [6.07, 6.45) is 1.96. The molecule has 40 heavy (non-hydrogen) atoms. The van der Waals surface area contributed by atoms with Crippen molar-refractivity contribution in [1.82, 2.24) is 14.1 Å². The number of rotatable bonds is 2. The van der Waals surface area contributed by atoms with Crippen molar-refractivity contribution in [1.29, 1.82) is 0 Å². The molecule has 0 atom stereocenters. The molecule has 0 fully saturated rings. The van der Waals surface area contributed by atoms with E-state index in [1.807, 2.05) is 17.5 Å². The Kier molecular flexibility index (Phi) is 4.41. The van der Waals surface area contributed by atoms with E-state index in [9.17, 15) is 0 Å². The van der Waals surface area contributed by atoms with Gasteiger partial charge in [0.1, 0.15) is 0 Å². The fraction of sp³-hybridized carbons (Fsp3) is 0.0278. The van der Waals surface area contributed by atoms with Gasteiger partial charge in [-0.05, 0) is 61.5 Å². The number of thiophene rings is 1. The third-order valence-electron chi connectivity index (χ3n) is 8.23. The number of aryl methyl sites for hydroxylation is 1. The number of benzene rings is 5. The molecule has 4 aromatic heterocycles. The molecule has 188 valence electrons. The summed E-state index contributed by atoms with van der Waals surface area (Å²) >= 11 is 1.83. The molecule has 0 bridgehead atoms. The first-order valence-corrected chi connectivity index (χ1v) is 14.4. The highest BCUT2D eigenvalue weighted by Gasteiger charge is 2.18. The summed E-state index contributed by atoms with van der Waals surface area (Å²) in [5.74, 6) is 0.993. The Morgan fingerprint density at radius 2 is 1.15 bits per heavy atom. The fourth-order valence-electron chi connectivity index (χ4n) is 6.49. The van der Waals surface area contributed by atoms with Crippen LogP contribution in [0.25, 0.3) is 75.3 Å². The molecule has 9 rings (SSSR count). The molecule has 0 saturated heterocycles.